The summed E-state index contributed by atoms with van der Waals surface area (Å²) in [6.07, 6.45) is -6.44. The first-order chi connectivity index (χ1) is 15.9. The Bertz CT molecular complexity index is 1000. The Kier molecular flexibility index (Phi) is 10.5. The average Bonchev–Trinajstić information content (AvgIpc) is 2.77. The molecule has 0 atom stereocenters. The first-order valence-electron chi connectivity index (χ1n) is 9.89. The van der Waals surface area contributed by atoms with Crippen LogP contribution in [0.1, 0.15) is 18.1 Å². The van der Waals surface area contributed by atoms with Crippen molar-refractivity contribution in [1.82, 2.24) is 4.90 Å². The van der Waals surface area contributed by atoms with Crippen molar-refractivity contribution in [3.63, 3.8) is 0 Å². The molecule has 0 heterocycles. The normalized spacial score (nSPS) is 11.8. The zero-order valence-corrected chi connectivity index (χ0v) is 21.1. The van der Waals surface area contributed by atoms with Crippen molar-refractivity contribution in [3.05, 3.63) is 59.7 Å². The summed E-state index contributed by atoms with van der Waals surface area (Å²) in [5.74, 6) is -3.46. The fraction of sp³-hybridized carbons (Fsp3) is 0.333. The minimum Gasteiger partial charge on any atom is -0.465 e. The summed E-state index contributed by atoms with van der Waals surface area (Å²) < 4.78 is 68.6. The Labute approximate surface area is 204 Å². The fourth-order valence-corrected chi connectivity index (χ4v) is 6.05. The number of amides is 1. The highest BCUT2D eigenvalue weighted by atomic mass is 32.2. The highest BCUT2D eigenvalue weighted by Crippen LogP contribution is 2.57. The number of esters is 1. The highest BCUT2D eigenvalue weighted by molar-refractivity contribution is 8.02. The second-order valence-electron chi connectivity index (χ2n) is 6.90. The number of rotatable bonds is 11. The average molecular weight is 538 g/mol. The number of aryl methyl sites for hydroxylation is 2. The Morgan fingerprint density at radius 2 is 1.41 bits per heavy atom. The van der Waals surface area contributed by atoms with Gasteiger partial charge in [0.25, 0.3) is 0 Å². The maximum atomic E-state index is 13.6. The topological polar surface area (TPSA) is 82.1 Å². The number of benzene rings is 2. The van der Waals surface area contributed by atoms with Crippen LogP contribution >= 0.6 is 31.7 Å². The molecule has 0 aliphatic rings. The minimum absolute atomic E-state index is 0.0651. The Hall–Kier alpha value is -1.98. The zero-order chi connectivity index (χ0) is 25.4. The SMILES string of the molecule is CCOC(=O)CN(CP(=O)(OSc1ccccc1C)OSc1ccccc1C)C(=O)C(F)(F)F. The van der Waals surface area contributed by atoms with E-state index in [0.29, 0.717) is 33.9 Å². The second-order valence-corrected chi connectivity index (χ2v) is 10.8. The third-order valence-electron chi connectivity index (χ3n) is 4.17. The number of carbonyl (C=O) groups excluding carboxylic acids is 2. The van der Waals surface area contributed by atoms with Crippen LogP contribution in [0.15, 0.2) is 58.3 Å². The van der Waals surface area contributed by atoms with Crippen LogP contribution in [-0.2, 0) is 26.8 Å². The molecule has 13 heteroatoms. The number of halogens is 3. The van der Waals surface area contributed by atoms with Gasteiger partial charge in [0.15, 0.2) is 0 Å². The molecular weight excluding hydrogens is 514 g/mol. The van der Waals surface area contributed by atoms with E-state index in [1.165, 1.54) is 6.92 Å². The van der Waals surface area contributed by atoms with Gasteiger partial charge in [0.2, 0.25) is 0 Å². The molecule has 0 saturated carbocycles. The van der Waals surface area contributed by atoms with Gasteiger partial charge < -0.3 is 9.64 Å². The lowest BCUT2D eigenvalue weighted by Crippen LogP contribution is -2.44. The molecule has 0 aliphatic carbocycles. The molecule has 0 N–H and O–H groups in total. The predicted octanol–water partition coefficient (Wildman–Crippen LogP) is 6.16. The van der Waals surface area contributed by atoms with Crippen molar-refractivity contribution >= 4 is 43.6 Å². The Morgan fingerprint density at radius 1 is 0.941 bits per heavy atom. The first kappa shape index (κ1) is 28.3. The smallest absolute Gasteiger partial charge is 0.465 e. The molecule has 0 bridgehead atoms. The van der Waals surface area contributed by atoms with Crippen LogP contribution in [-0.4, -0.2) is 42.4 Å². The molecule has 0 fully saturated rings. The van der Waals surface area contributed by atoms with E-state index in [4.69, 9.17) is 7.94 Å². The second kappa shape index (κ2) is 12.6. The van der Waals surface area contributed by atoms with E-state index in [9.17, 15) is 27.3 Å². The van der Waals surface area contributed by atoms with Gasteiger partial charge in [0.05, 0.1) is 6.61 Å². The molecule has 0 saturated heterocycles. The number of hydrogen-bond donors (Lipinski definition) is 0. The van der Waals surface area contributed by atoms with E-state index in [-0.39, 0.29) is 11.5 Å². The number of hydrogen-bond acceptors (Lipinski definition) is 8. The van der Waals surface area contributed by atoms with Gasteiger partial charge in [-0.25, -0.2) is 7.94 Å². The maximum Gasteiger partial charge on any atom is 0.471 e. The molecular formula is C21H23F3NO6PS2. The molecule has 0 spiro atoms. The van der Waals surface area contributed by atoms with Crippen molar-refractivity contribution < 1.29 is 40.0 Å². The summed E-state index contributed by atoms with van der Waals surface area (Å²) in [4.78, 5) is 25.0. The molecule has 186 valence electrons. The molecule has 0 unspecified atom stereocenters. The van der Waals surface area contributed by atoms with Gasteiger partial charge in [-0.3, -0.25) is 14.2 Å². The van der Waals surface area contributed by atoms with Crippen molar-refractivity contribution in [2.45, 2.75) is 36.7 Å². The van der Waals surface area contributed by atoms with Crippen LogP contribution in [0.5, 0.6) is 0 Å². The van der Waals surface area contributed by atoms with E-state index in [0.717, 1.165) is 11.1 Å². The molecule has 1 amide bonds. The predicted molar refractivity (Wildman–Crippen MR) is 123 cm³/mol. The quantitative estimate of drug-likeness (QED) is 0.192. The summed E-state index contributed by atoms with van der Waals surface area (Å²) >= 11 is 1.29. The van der Waals surface area contributed by atoms with Gasteiger partial charge in [-0.1, -0.05) is 36.4 Å². The van der Waals surface area contributed by atoms with Crippen molar-refractivity contribution in [2.75, 3.05) is 19.4 Å². The van der Waals surface area contributed by atoms with Crippen LogP contribution in [0.3, 0.4) is 0 Å². The maximum absolute atomic E-state index is 13.6. The first-order valence-corrected chi connectivity index (χ1v) is 13.1. The number of nitrogens with zero attached hydrogens (tertiary/aromatic N) is 1. The fourth-order valence-electron chi connectivity index (χ4n) is 2.49. The van der Waals surface area contributed by atoms with Gasteiger partial charge >= 0.3 is 25.6 Å². The Morgan fingerprint density at radius 3 is 1.82 bits per heavy atom. The summed E-state index contributed by atoms with van der Waals surface area (Å²) in [6, 6.07) is 13.8. The monoisotopic (exact) mass is 537 g/mol. The molecule has 0 aliphatic heterocycles. The third-order valence-corrected chi connectivity index (χ3v) is 8.54. The van der Waals surface area contributed by atoms with E-state index < -0.39 is 38.5 Å². The van der Waals surface area contributed by atoms with Crippen molar-refractivity contribution in [3.8, 4) is 0 Å². The van der Waals surface area contributed by atoms with Gasteiger partial charge in [0.1, 0.15) is 12.8 Å². The summed E-state index contributed by atoms with van der Waals surface area (Å²) in [7, 11) is -4.42. The molecule has 2 aromatic rings. The largest absolute Gasteiger partial charge is 0.471 e. The van der Waals surface area contributed by atoms with Gasteiger partial charge in [0, 0.05) is 33.9 Å². The lowest BCUT2D eigenvalue weighted by molar-refractivity contribution is -0.186. The molecule has 0 aromatic heterocycles. The standard InChI is InChI=1S/C21H23F3NO6PS2/c1-4-29-19(26)13-25(20(27)21(22,23)24)14-32(28,30-33-17-11-7-5-9-15(17)2)31-34-18-12-8-6-10-16(18)3/h5-12H,4,13-14H2,1-3H3. The minimum atomic E-state index is -5.32. The Balaban J connectivity index is 2.32. The van der Waals surface area contributed by atoms with Crippen molar-refractivity contribution in [2.24, 2.45) is 0 Å². The van der Waals surface area contributed by atoms with E-state index in [1.54, 1.807) is 62.4 Å². The van der Waals surface area contributed by atoms with Gasteiger partial charge in [-0.2, -0.15) is 13.2 Å². The molecule has 34 heavy (non-hydrogen) atoms. The lowest BCUT2D eigenvalue weighted by atomic mass is 10.2. The van der Waals surface area contributed by atoms with E-state index in [1.807, 2.05) is 0 Å². The molecule has 2 rings (SSSR count). The number of alkyl halides is 3. The van der Waals surface area contributed by atoms with Crippen LogP contribution in [0, 0.1) is 13.8 Å². The van der Waals surface area contributed by atoms with Crippen LogP contribution in [0.25, 0.3) is 0 Å². The van der Waals surface area contributed by atoms with E-state index >= 15 is 0 Å². The van der Waals surface area contributed by atoms with Crippen LogP contribution < -0.4 is 0 Å². The van der Waals surface area contributed by atoms with Gasteiger partial charge in [-0.05, 0) is 44.0 Å². The summed E-state index contributed by atoms with van der Waals surface area (Å²) in [6.45, 7) is 3.80. The molecule has 2 aromatic carbocycles. The third kappa shape index (κ3) is 8.66. The number of carbonyl (C=O) groups is 2. The highest BCUT2D eigenvalue weighted by Gasteiger charge is 2.46. The van der Waals surface area contributed by atoms with Crippen LogP contribution in [0.4, 0.5) is 13.2 Å². The molecule has 0 radical (unpaired) electrons. The molecule has 7 nitrogen and oxygen atoms in total. The summed E-state index contributed by atoms with van der Waals surface area (Å²) in [5, 5.41) is 0. The van der Waals surface area contributed by atoms with Crippen LogP contribution in [0.2, 0.25) is 0 Å². The van der Waals surface area contributed by atoms with Gasteiger partial charge in [-0.15, -0.1) is 0 Å². The number of ether oxygens (including phenoxy) is 1. The summed E-state index contributed by atoms with van der Waals surface area (Å²) in [5.41, 5.74) is 1.53. The van der Waals surface area contributed by atoms with E-state index in [2.05, 4.69) is 4.74 Å². The zero-order valence-electron chi connectivity index (χ0n) is 18.5. The lowest BCUT2D eigenvalue weighted by Gasteiger charge is -2.26. The van der Waals surface area contributed by atoms with Crippen molar-refractivity contribution in [1.29, 1.82) is 0 Å².